The minimum absolute atomic E-state index is 0.224. The summed E-state index contributed by atoms with van der Waals surface area (Å²) in [6, 6.07) is 9.16. The Bertz CT molecular complexity index is 643. The predicted octanol–water partition coefficient (Wildman–Crippen LogP) is 2.70. The average molecular weight is 317 g/mol. The Labute approximate surface area is 134 Å². The molecule has 0 aliphatic carbocycles. The summed E-state index contributed by atoms with van der Waals surface area (Å²) in [5.41, 5.74) is 1.44. The molecule has 0 bridgehead atoms. The highest BCUT2D eigenvalue weighted by atomic mass is 35.5. The molecule has 0 aliphatic rings. The lowest BCUT2D eigenvalue weighted by molar-refractivity contribution is 0.0949. The van der Waals surface area contributed by atoms with Gasteiger partial charge in [0.15, 0.2) is 0 Å². The molecular weight excluding hydrogens is 300 g/mol. The maximum atomic E-state index is 12.0. The van der Waals surface area contributed by atoms with Crippen LogP contribution in [-0.2, 0) is 6.42 Å². The summed E-state index contributed by atoms with van der Waals surface area (Å²) in [5, 5.41) is 6.55. The van der Waals surface area contributed by atoms with Crippen molar-refractivity contribution in [1.82, 2.24) is 15.3 Å². The fourth-order valence-electron chi connectivity index (χ4n) is 1.82. The molecule has 6 heteroatoms. The first-order valence-corrected chi connectivity index (χ1v) is 7.26. The van der Waals surface area contributed by atoms with Crippen LogP contribution in [0.15, 0.2) is 49.3 Å². The van der Waals surface area contributed by atoms with E-state index in [4.69, 9.17) is 11.6 Å². The van der Waals surface area contributed by atoms with E-state index in [0.717, 1.165) is 12.0 Å². The van der Waals surface area contributed by atoms with Gasteiger partial charge in [0.05, 0.1) is 0 Å². The molecule has 5 nitrogen and oxygen atoms in total. The molecule has 0 spiro atoms. The molecule has 0 unspecified atom stereocenters. The van der Waals surface area contributed by atoms with E-state index in [1.54, 1.807) is 12.1 Å². The Morgan fingerprint density at radius 3 is 2.77 bits per heavy atom. The molecule has 2 N–H and O–H groups in total. The smallest absolute Gasteiger partial charge is 0.270 e. The quantitative estimate of drug-likeness (QED) is 0.771. The zero-order valence-electron chi connectivity index (χ0n) is 12.1. The minimum atomic E-state index is -0.224. The lowest BCUT2D eigenvalue weighted by Crippen LogP contribution is -2.26. The number of carbonyl (C=O) groups excluding carboxylic acids is 1. The lowest BCUT2D eigenvalue weighted by Gasteiger charge is -2.07. The number of nitrogens with zero attached hydrogens (tertiary/aromatic N) is 2. The van der Waals surface area contributed by atoms with Crippen LogP contribution < -0.4 is 10.6 Å². The lowest BCUT2D eigenvalue weighted by atomic mass is 10.1. The van der Waals surface area contributed by atoms with Gasteiger partial charge < -0.3 is 10.6 Å². The molecule has 0 atom stereocenters. The molecule has 0 saturated carbocycles. The zero-order chi connectivity index (χ0) is 15.8. The van der Waals surface area contributed by atoms with Crippen molar-refractivity contribution >= 4 is 23.3 Å². The van der Waals surface area contributed by atoms with Crippen LogP contribution in [-0.4, -0.2) is 29.0 Å². The van der Waals surface area contributed by atoms with Crippen molar-refractivity contribution in [1.29, 1.82) is 0 Å². The number of aromatic nitrogens is 2. The van der Waals surface area contributed by atoms with Crippen LogP contribution in [0.4, 0.5) is 5.82 Å². The number of benzene rings is 1. The average Bonchev–Trinajstić information content (AvgIpc) is 2.55. The molecule has 2 rings (SSSR count). The van der Waals surface area contributed by atoms with Crippen molar-refractivity contribution in [3.05, 3.63) is 65.6 Å². The van der Waals surface area contributed by atoms with Gasteiger partial charge in [-0.15, -0.1) is 6.58 Å². The zero-order valence-corrected chi connectivity index (χ0v) is 12.8. The molecule has 0 aliphatic heterocycles. The van der Waals surface area contributed by atoms with Gasteiger partial charge >= 0.3 is 0 Å². The number of anilines is 1. The minimum Gasteiger partial charge on any atom is -0.366 e. The summed E-state index contributed by atoms with van der Waals surface area (Å²) in [6.45, 7) is 4.72. The number of halogens is 1. The van der Waals surface area contributed by atoms with Gasteiger partial charge in [0.25, 0.3) is 5.91 Å². The Morgan fingerprint density at radius 1 is 1.27 bits per heavy atom. The Kier molecular flexibility index (Phi) is 5.91. The van der Waals surface area contributed by atoms with Gasteiger partial charge in [-0.1, -0.05) is 29.8 Å². The maximum absolute atomic E-state index is 12.0. The Morgan fingerprint density at radius 2 is 2.05 bits per heavy atom. The number of nitrogens with one attached hydrogen (secondary N) is 2. The van der Waals surface area contributed by atoms with Crippen LogP contribution in [0.3, 0.4) is 0 Å². The van der Waals surface area contributed by atoms with Gasteiger partial charge in [0.2, 0.25) is 0 Å². The Hall–Kier alpha value is -2.40. The van der Waals surface area contributed by atoms with E-state index in [1.807, 2.05) is 24.3 Å². The molecule has 114 valence electrons. The van der Waals surface area contributed by atoms with Crippen LogP contribution >= 0.6 is 11.6 Å². The van der Waals surface area contributed by atoms with Crippen LogP contribution in [0.2, 0.25) is 5.02 Å². The molecule has 1 heterocycles. The van der Waals surface area contributed by atoms with Crippen LogP contribution in [0.5, 0.6) is 0 Å². The number of carbonyl (C=O) groups is 1. The summed E-state index contributed by atoms with van der Waals surface area (Å²) in [7, 11) is 0. The summed E-state index contributed by atoms with van der Waals surface area (Å²) < 4.78 is 0. The maximum Gasteiger partial charge on any atom is 0.270 e. The SMILES string of the molecule is C=CCNc1cc(C(=O)NCCc2ccc(Cl)cc2)ncn1. The van der Waals surface area contributed by atoms with Crippen LogP contribution in [0.1, 0.15) is 16.1 Å². The van der Waals surface area contributed by atoms with E-state index in [9.17, 15) is 4.79 Å². The standard InChI is InChI=1S/C16H17ClN4O/c1-2-8-18-15-10-14(20-11-21-15)16(22)19-9-7-12-3-5-13(17)6-4-12/h2-6,10-11H,1,7-9H2,(H,19,22)(H,18,20,21). The van der Waals surface area contributed by atoms with Gasteiger partial charge in [-0.25, -0.2) is 9.97 Å². The van der Waals surface area contributed by atoms with Crippen molar-refractivity contribution in [2.24, 2.45) is 0 Å². The largest absolute Gasteiger partial charge is 0.366 e. The second-order valence-electron chi connectivity index (χ2n) is 4.59. The molecule has 0 saturated heterocycles. The predicted molar refractivity (Wildman–Crippen MR) is 88.2 cm³/mol. The molecule has 0 fully saturated rings. The van der Waals surface area contributed by atoms with E-state index in [0.29, 0.717) is 29.6 Å². The van der Waals surface area contributed by atoms with Crippen molar-refractivity contribution in [3.8, 4) is 0 Å². The molecule has 1 amide bonds. The van der Waals surface area contributed by atoms with Crippen molar-refractivity contribution in [2.45, 2.75) is 6.42 Å². The Balaban J connectivity index is 1.86. The van der Waals surface area contributed by atoms with Crippen molar-refractivity contribution in [2.75, 3.05) is 18.4 Å². The monoisotopic (exact) mass is 316 g/mol. The first-order chi connectivity index (χ1) is 10.7. The van der Waals surface area contributed by atoms with Gasteiger partial charge in [0, 0.05) is 24.2 Å². The van der Waals surface area contributed by atoms with Crippen LogP contribution in [0, 0.1) is 0 Å². The van der Waals surface area contributed by atoms with Crippen molar-refractivity contribution in [3.63, 3.8) is 0 Å². The molecule has 1 aromatic heterocycles. The number of hydrogen-bond acceptors (Lipinski definition) is 4. The van der Waals surface area contributed by atoms with E-state index < -0.39 is 0 Å². The third kappa shape index (κ3) is 4.86. The first kappa shape index (κ1) is 16.0. The summed E-state index contributed by atoms with van der Waals surface area (Å²) in [4.78, 5) is 20.1. The molecule has 0 radical (unpaired) electrons. The highest BCUT2D eigenvalue weighted by Crippen LogP contribution is 2.09. The van der Waals surface area contributed by atoms with E-state index in [1.165, 1.54) is 6.33 Å². The second kappa shape index (κ2) is 8.14. The van der Waals surface area contributed by atoms with Gasteiger partial charge in [-0.2, -0.15) is 0 Å². The summed E-state index contributed by atoms with van der Waals surface area (Å²) >= 11 is 5.83. The molecular formula is C16H17ClN4O. The number of amides is 1. The van der Waals surface area contributed by atoms with Gasteiger partial charge in [0.1, 0.15) is 17.8 Å². The highest BCUT2D eigenvalue weighted by molar-refractivity contribution is 6.30. The van der Waals surface area contributed by atoms with E-state index in [2.05, 4.69) is 27.2 Å². The van der Waals surface area contributed by atoms with E-state index in [-0.39, 0.29) is 5.91 Å². The van der Waals surface area contributed by atoms with Crippen LogP contribution in [0.25, 0.3) is 0 Å². The molecule has 22 heavy (non-hydrogen) atoms. The normalized spacial score (nSPS) is 10.0. The fraction of sp³-hybridized carbons (Fsp3) is 0.188. The molecule has 2 aromatic rings. The molecule has 1 aromatic carbocycles. The van der Waals surface area contributed by atoms with Gasteiger partial charge in [-0.3, -0.25) is 4.79 Å². The fourth-order valence-corrected chi connectivity index (χ4v) is 1.94. The van der Waals surface area contributed by atoms with Crippen molar-refractivity contribution < 1.29 is 4.79 Å². The van der Waals surface area contributed by atoms with Gasteiger partial charge in [-0.05, 0) is 24.1 Å². The highest BCUT2D eigenvalue weighted by Gasteiger charge is 2.08. The topological polar surface area (TPSA) is 66.9 Å². The summed E-state index contributed by atoms with van der Waals surface area (Å²) in [6.07, 6.45) is 3.81. The number of rotatable bonds is 7. The van der Waals surface area contributed by atoms with E-state index >= 15 is 0 Å². The summed E-state index contributed by atoms with van der Waals surface area (Å²) in [5.74, 6) is 0.371. The first-order valence-electron chi connectivity index (χ1n) is 6.88. The second-order valence-corrected chi connectivity index (χ2v) is 5.03. The third-order valence-corrected chi connectivity index (χ3v) is 3.19. The number of hydrogen-bond donors (Lipinski definition) is 2. The third-order valence-electron chi connectivity index (χ3n) is 2.94.